The van der Waals surface area contributed by atoms with E-state index in [0.717, 1.165) is 50.7 Å². The van der Waals surface area contributed by atoms with Gasteiger partial charge in [-0.3, -0.25) is 4.79 Å². The van der Waals surface area contributed by atoms with Crippen LogP contribution in [0.5, 0.6) is 0 Å². The molecule has 1 aromatic rings. The molecule has 0 saturated heterocycles. The van der Waals surface area contributed by atoms with Gasteiger partial charge in [-0.05, 0) is 73.7 Å². The quantitative estimate of drug-likeness (QED) is 0.0651. The fourth-order valence-corrected chi connectivity index (χ4v) is 9.38. The third kappa shape index (κ3) is 9.68. The van der Waals surface area contributed by atoms with E-state index in [1.165, 1.54) is 68.3 Å². The molecular weight excluding hydrogens is 607 g/mol. The van der Waals surface area contributed by atoms with Gasteiger partial charge in [0.05, 0.1) is 0 Å². The van der Waals surface area contributed by atoms with Crippen LogP contribution in [0, 0.1) is 29.2 Å². The number of carbonyl (C=O) groups is 1. The van der Waals surface area contributed by atoms with Gasteiger partial charge in [-0.2, -0.15) is 69.1 Å². The Bertz CT molecular complexity index is 1020. The molecule has 238 valence electrons. The Morgan fingerprint density at radius 1 is 1.00 bits per heavy atom. The number of unbranched alkanes of at least 4 members (excludes halogenated alkanes) is 6. The van der Waals surface area contributed by atoms with Gasteiger partial charge in [0.25, 0.3) is 0 Å². The Hall–Kier alpha value is 0.326. The molecule has 6 atom stereocenters. The summed E-state index contributed by atoms with van der Waals surface area (Å²) >= 11 is 1.48. The second kappa shape index (κ2) is 16.9. The van der Waals surface area contributed by atoms with Crippen molar-refractivity contribution in [3.05, 3.63) is 35.4 Å². The van der Waals surface area contributed by atoms with E-state index in [2.05, 4.69) is 31.2 Å². The van der Waals surface area contributed by atoms with Crippen LogP contribution in [-0.2, 0) is 16.0 Å². The number of hydrogen-bond donors (Lipinski definition) is 0. The van der Waals surface area contributed by atoms with E-state index in [4.69, 9.17) is 4.74 Å². The maximum Gasteiger partial charge on any atom is 1.00 e. The average molecular weight is 655 g/mol. The molecule has 1 aromatic carbocycles. The SMILES string of the molecule is CC(=O)O[C@H]1CC[C@H]2[C@@H]3[C@H](CCCCCCCCCSCCCC(F)(F)C(F)(F)F)Cc4c[c-]ccc4[C@H]3CC[C@]12C.[K+]. The fourth-order valence-electron chi connectivity index (χ4n) is 8.42. The van der Waals surface area contributed by atoms with Gasteiger partial charge in [0.15, 0.2) is 0 Å². The number of thioether (sulfide) groups is 1. The van der Waals surface area contributed by atoms with Crippen molar-refractivity contribution in [2.24, 2.45) is 23.2 Å². The Labute approximate surface area is 302 Å². The van der Waals surface area contributed by atoms with Crippen LogP contribution in [0.1, 0.15) is 121 Å². The summed E-state index contributed by atoms with van der Waals surface area (Å²) in [4.78, 5) is 11.8. The molecule has 0 aromatic heterocycles. The second-order valence-corrected chi connectivity index (χ2v) is 14.5. The zero-order valence-corrected chi connectivity index (χ0v) is 30.2. The molecule has 2 fully saturated rings. The molecule has 0 N–H and O–H groups in total. The summed E-state index contributed by atoms with van der Waals surface area (Å²) in [6.45, 7) is 3.92. The van der Waals surface area contributed by atoms with Gasteiger partial charge in [0.1, 0.15) is 6.10 Å². The van der Waals surface area contributed by atoms with E-state index in [1.807, 2.05) is 0 Å². The molecule has 43 heavy (non-hydrogen) atoms. The summed E-state index contributed by atoms with van der Waals surface area (Å²) in [6.07, 6.45) is 8.21. The van der Waals surface area contributed by atoms with E-state index in [1.54, 1.807) is 0 Å². The topological polar surface area (TPSA) is 26.3 Å². The van der Waals surface area contributed by atoms with Crippen molar-refractivity contribution in [1.29, 1.82) is 0 Å². The predicted octanol–water partition coefficient (Wildman–Crippen LogP) is 7.34. The molecule has 3 aliphatic carbocycles. The zero-order valence-electron chi connectivity index (χ0n) is 26.3. The summed E-state index contributed by atoms with van der Waals surface area (Å²) in [7, 11) is 0. The smallest absolute Gasteiger partial charge is 0.462 e. The fraction of sp³-hybridized carbons (Fsp3) is 0.794. The van der Waals surface area contributed by atoms with Crippen LogP contribution in [-0.4, -0.2) is 35.7 Å². The first-order valence-corrected chi connectivity index (χ1v) is 17.3. The first kappa shape index (κ1) is 37.8. The van der Waals surface area contributed by atoms with Gasteiger partial charge in [-0.25, -0.2) is 0 Å². The number of halogens is 5. The maximum absolute atomic E-state index is 12.9. The number of ether oxygens (including phenoxy) is 1. The van der Waals surface area contributed by atoms with Gasteiger partial charge in [0, 0.05) is 18.8 Å². The van der Waals surface area contributed by atoms with Crippen molar-refractivity contribution < 1.29 is 82.9 Å². The molecule has 0 radical (unpaired) electrons. The summed E-state index contributed by atoms with van der Waals surface area (Å²) in [5.41, 5.74) is 3.09. The van der Waals surface area contributed by atoms with Crippen molar-refractivity contribution in [3.63, 3.8) is 0 Å². The normalized spacial score (nSPS) is 28.4. The van der Waals surface area contributed by atoms with E-state index in [9.17, 15) is 26.7 Å². The van der Waals surface area contributed by atoms with Crippen LogP contribution in [0.2, 0.25) is 0 Å². The molecule has 0 amide bonds. The third-order valence-corrected chi connectivity index (χ3v) is 11.7. The van der Waals surface area contributed by atoms with E-state index in [-0.39, 0.29) is 75.3 Å². The van der Waals surface area contributed by atoms with Crippen molar-refractivity contribution in [2.45, 2.75) is 134 Å². The predicted molar refractivity (Wildman–Crippen MR) is 159 cm³/mol. The maximum atomic E-state index is 12.9. The number of alkyl halides is 5. The molecule has 0 unspecified atom stereocenters. The number of hydrogen-bond acceptors (Lipinski definition) is 3. The van der Waals surface area contributed by atoms with Gasteiger partial charge in [-0.1, -0.05) is 58.3 Å². The van der Waals surface area contributed by atoms with Crippen LogP contribution in [0.25, 0.3) is 0 Å². The number of benzene rings is 1. The number of carbonyl (C=O) groups excluding carboxylic acids is 1. The van der Waals surface area contributed by atoms with Gasteiger partial charge >= 0.3 is 69.5 Å². The van der Waals surface area contributed by atoms with Crippen molar-refractivity contribution in [3.8, 4) is 0 Å². The number of fused-ring (bicyclic) bond motifs is 5. The van der Waals surface area contributed by atoms with Crippen LogP contribution in [0.4, 0.5) is 22.0 Å². The van der Waals surface area contributed by atoms with Gasteiger partial charge < -0.3 is 4.74 Å². The molecule has 9 heteroatoms. The summed E-state index contributed by atoms with van der Waals surface area (Å²) in [6, 6.07) is 9.89. The Morgan fingerprint density at radius 3 is 2.37 bits per heavy atom. The second-order valence-electron chi connectivity index (χ2n) is 13.3. The first-order valence-electron chi connectivity index (χ1n) is 16.1. The van der Waals surface area contributed by atoms with Crippen LogP contribution in [0.15, 0.2) is 18.2 Å². The van der Waals surface area contributed by atoms with Crippen LogP contribution in [0.3, 0.4) is 0 Å². The van der Waals surface area contributed by atoms with Crippen molar-refractivity contribution in [2.75, 3.05) is 11.5 Å². The largest absolute Gasteiger partial charge is 1.00 e. The van der Waals surface area contributed by atoms with Crippen LogP contribution < -0.4 is 51.4 Å². The summed E-state index contributed by atoms with van der Waals surface area (Å²) in [5.74, 6) is -1.05. The zero-order chi connectivity index (χ0) is 30.4. The molecule has 2 saturated carbocycles. The Balaban J connectivity index is 0.00000506. The summed E-state index contributed by atoms with van der Waals surface area (Å²) in [5, 5.41) is 0. The van der Waals surface area contributed by atoms with Crippen LogP contribution >= 0.6 is 11.8 Å². The number of rotatable bonds is 15. The molecule has 4 rings (SSSR count). The van der Waals surface area contributed by atoms with Crippen molar-refractivity contribution >= 4 is 17.7 Å². The van der Waals surface area contributed by atoms with E-state index < -0.39 is 18.5 Å². The minimum absolute atomic E-state index is 0. The van der Waals surface area contributed by atoms with E-state index in [0.29, 0.717) is 29.4 Å². The minimum Gasteiger partial charge on any atom is -0.462 e. The Morgan fingerprint density at radius 2 is 1.67 bits per heavy atom. The standard InChI is InChI=1S/C34H48F5O2S.K/c1-24(40)41-30-17-16-29-31-26(23-25-13-9-10-15-27(25)28(31)18-20-32(29,30)2)14-8-6-4-3-5-7-11-21-42-22-12-19-33(35,36)34(37,38)39;/h10,13,15,26,28-31H,3-8,11-12,14,16-23H2,1-2H3;/q-1;+1/t26-,28-,29+,30+,31-,32+;/m1./s1. The number of esters is 1. The van der Waals surface area contributed by atoms with Crippen molar-refractivity contribution in [1.82, 2.24) is 0 Å². The molecule has 0 spiro atoms. The average Bonchev–Trinajstić information content (AvgIpc) is 3.25. The molecular formula is C34H48F5KO2S. The molecule has 2 nitrogen and oxygen atoms in total. The molecule has 0 aliphatic heterocycles. The van der Waals surface area contributed by atoms with Gasteiger partial charge in [0.2, 0.25) is 0 Å². The van der Waals surface area contributed by atoms with E-state index >= 15 is 0 Å². The Kier molecular flexibility index (Phi) is 14.9. The molecule has 0 bridgehead atoms. The molecule has 0 heterocycles. The van der Waals surface area contributed by atoms with Gasteiger partial charge in [-0.15, -0.1) is 0 Å². The summed E-state index contributed by atoms with van der Waals surface area (Å²) < 4.78 is 68.4. The third-order valence-electron chi connectivity index (χ3n) is 10.5. The first-order chi connectivity index (χ1) is 19.9. The monoisotopic (exact) mass is 654 g/mol. The minimum atomic E-state index is -5.44. The molecule has 3 aliphatic rings.